The minimum Gasteiger partial charge on any atom is -0.497 e. The van der Waals surface area contributed by atoms with E-state index in [1.807, 2.05) is 18.2 Å². The van der Waals surface area contributed by atoms with E-state index >= 15 is 0 Å². The van der Waals surface area contributed by atoms with Crippen LogP contribution in [-0.2, 0) is 0 Å². The summed E-state index contributed by atoms with van der Waals surface area (Å²) in [5, 5.41) is 11.7. The number of hydrogen-bond donors (Lipinski definition) is 2. The molecule has 0 radical (unpaired) electrons. The fraction of sp³-hybridized carbons (Fsp3) is 0.222. The van der Waals surface area contributed by atoms with Crippen LogP contribution in [-0.4, -0.2) is 24.6 Å². The van der Waals surface area contributed by atoms with Crippen molar-refractivity contribution < 1.29 is 9.94 Å². The van der Waals surface area contributed by atoms with Gasteiger partial charge in [-0.2, -0.15) is 0 Å². The third kappa shape index (κ3) is 2.19. The minimum absolute atomic E-state index is 0.198. The first-order valence-corrected chi connectivity index (χ1v) is 3.87. The summed E-state index contributed by atoms with van der Waals surface area (Å²) >= 11 is 0. The molecule has 0 fully saturated rings. The second-order valence-electron chi connectivity index (χ2n) is 2.48. The molecule has 0 aromatic heterocycles. The summed E-state index contributed by atoms with van der Waals surface area (Å²) in [6.07, 6.45) is 0. The van der Waals surface area contributed by atoms with Crippen molar-refractivity contribution in [2.45, 2.75) is 0 Å². The molecule has 4 heteroatoms. The van der Waals surface area contributed by atoms with Gasteiger partial charge in [-0.1, -0.05) is 17.3 Å². The zero-order valence-electron chi connectivity index (χ0n) is 7.40. The number of benzene rings is 1. The number of nitrogens with zero attached hydrogens (tertiary/aromatic N) is 1. The number of hydrogen-bond acceptors (Lipinski definition) is 4. The van der Waals surface area contributed by atoms with Gasteiger partial charge in [-0.25, -0.2) is 0 Å². The Bertz CT molecular complexity index is 310. The highest BCUT2D eigenvalue weighted by molar-refractivity contribution is 6.01. The van der Waals surface area contributed by atoms with E-state index < -0.39 is 0 Å². The summed E-state index contributed by atoms with van der Waals surface area (Å²) in [5.74, 6) is 0.715. The molecule has 4 nitrogen and oxygen atoms in total. The number of nitrogens with two attached hydrogens (primary N) is 1. The van der Waals surface area contributed by atoms with Gasteiger partial charge in [0.25, 0.3) is 0 Å². The van der Waals surface area contributed by atoms with Gasteiger partial charge < -0.3 is 15.7 Å². The zero-order chi connectivity index (χ0) is 9.68. The smallest absolute Gasteiger partial charge is 0.119 e. The molecule has 0 spiro atoms. The highest BCUT2D eigenvalue weighted by Crippen LogP contribution is 2.12. The summed E-state index contributed by atoms with van der Waals surface area (Å²) in [4.78, 5) is 0. The Labute approximate surface area is 76.6 Å². The molecule has 0 unspecified atom stereocenters. The molecule has 3 N–H and O–H groups in total. The third-order valence-electron chi connectivity index (χ3n) is 1.72. The second kappa shape index (κ2) is 4.47. The molecule has 1 aromatic rings. The average molecular weight is 180 g/mol. The first-order valence-electron chi connectivity index (χ1n) is 3.87. The normalized spacial score (nSPS) is 11.4. The highest BCUT2D eigenvalue weighted by Gasteiger charge is 2.02. The van der Waals surface area contributed by atoms with Gasteiger partial charge >= 0.3 is 0 Å². The minimum atomic E-state index is 0.198. The standard InChI is InChI=1S/C9H12N2O2/c1-13-8-4-2-3-7(5-8)9(6-10)11-12/h2-5,12H,6,10H2,1H3/b11-9+. The predicted octanol–water partition coefficient (Wildman–Crippen LogP) is 0.832. The quantitative estimate of drug-likeness (QED) is 0.411. The lowest BCUT2D eigenvalue weighted by Gasteiger charge is -2.03. The Hall–Kier alpha value is -1.55. The van der Waals surface area contributed by atoms with Crippen LogP contribution in [0.5, 0.6) is 5.75 Å². The maximum absolute atomic E-state index is 8.61. The molecule has 0 heterocycles. The number of ether oxygens (including phenoxy) is 1. The topological polar surface area (TPSA) is 67.8 Å². The van der Waals surface area contributed by atoms with Gasteiger partial charge in [0.05, 0.1) is 7.11 Å². The number of oxime groups is 1. The van der Waals surface area contributed by atoms with E-state index in [2.05, 4.69) is 5.16 Å². The van der Waals surface area contributed by atoms with Crippen LogP contribution in [0, 0.1) is 0 Å². The molecule has 0 bridgehead atoms. The summed E-state index contributed by atoms with van der Waals surface area (Å²) in [6.45, 7) is 0.198. The fourth-order valence-electron chi connectivity index (χ4n) is 1.02. The summed E-state index contributed by atoms with van der Waals surface area (Å²) in [5.41, 5.74) is 6.59. The van der Waals surface area contributed by atoms with E-state index in [0.717, 1.165) is 5.56 Å². The van der Waals surface area contributed by atoms with Gasteiger partial charge in [-0.05, 0) is 12.1 Å². The van der Waals surface area contributed by atoms with Crippen molar-refractivity contribution in [3.05, 3.63) is 29.8 Å². The molecular formula is C9H12N2O2. The van der Waals surface area contributed by atoms with Gasteiger partial charge in [0.1, 0.15) is 11.5 Å². The lowest BCUT2D eigenvalue weighted by atomic mass is 10.1. The maximum Gasteiger partial charge on any atom is 0.119 e. The molecule has 0 aliphatic carbocycles. The lowest BCUT2D eigenvalue weighted by Crippen LogP contribution is -2.14. The summed E-state index contributed by atoms with van der Waals surface area (Å²) in [6, 6.07) is 7.20. The van der Waals surface area contributed by atoms with Crippen LogP contribution in [0.3, 0.4) is 0 Å². The van der Waals surface area contributed by atoms with Crippen LogP contribution in [0.25, 0.3) is 0 Å². The van der Waals surface area contributed by atoms with Gasteiger partial charge in [0, 0.05) is 12.1 Å². The molecule has 70 valence electrons. The van der Waals surface area contributed by atoms with Crippen LogP contribution in [0.1, 0.15) is 5.56 Å². The monoisotopic (exact) mass is 180 g/mol. The van der Waals surface area contributed by atoms with Gasteiger partial charge in [-0.3, -0.25) is 0 Å². The van der Waals surface area contributed by atoms with Crippen LogP contribution < -0.4 is 10.5 Å². The van der Waals surface area contributed by atoms with Crippen molar-refractivity contribution in [1.29, 1.82) is 0 Å². The van der Waals surface area contributed by atoms with Crippen LogP contribution >= 0.6 is 0 Å². The molecule has 1 aromatic carbocycles. The molecule has 0 aliphatic heterocycles. The van der Waals surface area contributed by atoms with Gasteiger partial charge in [0.15, 0.2) is 0 Å². The van der Waals surface area contributed by atoms with E-state index in [1.54, 1.807) is 13.2 Å². The number of rotatable bonds is 3. The Morgan fingerprint density at radius 1 is 1.62 bits per heavy atom. The largest absolute Gasteiger partial charge is 0.497 e. The summed E-state index contributed by atoms with van der Waals surface area (Å²) in [7, 11) is 1.58. The third-order valence-corrected chi connectivity index (χ3v) is 1.72. The predicted molar refractivity (Wildman–Crippen MR) is 50.4 cm³/mol. The Morgan fingerprint density at radius 3 is 2.92 bits per heavy atom. The highest BCUT2D eigenvalue weighted by atomic mass is 16.5. The Morgan fingerprint density at radius 2 is 2.38 bits per heavy atom. The maximum atomic E-state index is 8.61. The van der Waals surface area contributed by atoms with Crippen LogP contribution in [0.4, 0.5) is 0 Å². The van der Waals surface area contributed by atoms with Crippen LogP contribution in [0.15, 0.2) is 29.4 Å². The molecule has 1 rings (SSSR count). The van der Waals surface area contributed by atoms with Gasteiger partial charge in [0.2, 0.25) is 0 Å². The van der Waals surface area contributed by atoms with E-state index in [0.29, 0.717) is 11.5 Å². The first-order chi connectivity index (χ1) is 6.31. The number of methoxy groups -OCH3 is 1. The molecule has 0 aliphatic rings. The molecule has 13 heavy (non-hydrogen) atoms. The van der Waals surface area contributed by atoms with Crippen LogP contribution in [0.2, 0.25) is 0 Å². The summed E-state index contributed by atoms with van der Waals surface area (Å²) < 4.78 is 5.02. The van der Waals surface area contributed by atoms with Crippen molar-refractivity contribution in [3.63, 3.8) is 0 Å². The van der Waals surface area contributed by atoms with Crippen molar-refractivity contribution in [2.75, 3.05) is 13.7 Å². The lowest BCUT2D eigenvalue weighted by molar-refractivity contribution is 0.318. The first kappa shape index (κ1) is 9.54. The molecule has 0 saturated carbocycles. The second-order valence-corrected chi connectivity index (χ2v) is 2.48. The SMILES string of the molecule is COc1cccc(/C(CN)=N/O)c1. The fourth-order valence-corrected chi connectivity index (χ4v) is 1.02. The van der Waals surface area contributed by atoms with Crippen molar-refractivity contribution in [1.82, 2.24) is 0 Å². The average Bonchev–Trinajstić information content (AvgIpc) is 2.20. The Kier molecular flexibility index (Phi) is 3.28. The van der Waals surface area contributed by atoms with E-state index in [4.69, 9.17) is 15.7 Å². The molecule has 0 saturated heterocycles. The van der Waals surface area contributed by atoms with Crippen molar-refractivity contribution in [2.24, 2.45) is 10.9 Å². The Balaban J connectivity index is 3.00. The zero-order valence-corrected chi connectivity index (χ0v) is 7.40. The van der Waals surface area contributed by atoms with E-state index in [-0.39, 0.29) is 6.54 Å². The molecule has 0 amide bonds. The molecular weight excluding hydrogens is 168 g/mol. The van der Waals surface area contributed by atoms with Crippen molar-refractivity contribution >= 4 is 5.71 Å². The van der Waals surface area contributed by atoms with Gasteiger partial charge in [-0.15, -0.1) is 0 Å². The van der Waals surface area contributed by atoms with Crippen molar-refractivity contribution in [3.8, 4) is 5.75 Å². The van der Waals surface area contributed by atoms with E-state index in [1.165, 1.54) is 0 Å². The van der Waals surface area contributed by atoms with E-state index in [9.17, 15) is 0 Å². The molecule has 0 atom stereocenters.